The van der Waals surface area contributed by atoms with Crippen molar-refractivity contribution in [2.45, 2.75) is 92.7 Å². The van der Waals surface area contributed by atoms with Crippen molar-refractivity contribution in [2.24, 2.45) is 23.2 Å². The van der Waals surface area contributed by atoms with Crippen molar-refractivity contribution in [3.63, 3.8) is 0 Å². The van der Waals surface area contributed by atoms with Crippen LogP contribution < -0.4 is 0 Å². The van der Waals surface area contributed by atoms with E-state index in [4.69, 9.17) is 0 Å². The molecule has 0 aliphatic rings. The van der Waals surface area contributed by atoms with Gasteiger partial charge in [-0.15, -0.1) is 0 Å². The monoisotopic (exact) mass is 336 g/mol. The molecule has 0 aromatic rings. The van der Waals surface area contributed by atoms with Crippen LogP contribution in [0.2, 0.25) is 0 Å². The molecule has 0 radical (unpaired) electrons. The molecule has 1 nitrogen and oxygen atoms in total. The van der Waals surface area contributed by atoms with Gasteiger partial charge in [-0.2, -0.15) is 13.2 Å². The number of carbonyl (C=O) groups excluding carboxylic acids is 1. The topological polar surface area (TPSA) is 17.1 Å². The van der Waals surface area contributed by atoms with Crippen molar-refractivity contribution in [3.8, 4) is 0 Å². The third-order valence-corrected chi connectivity index (χ3v) is 5.65. The van der Waals surface area contributed by atoms with E-state index < -0.39 is 17.5 Å². The molecule has 0 N–H and O–H groups in total. The van der Waals surface area contributed by atoms with Crippen molar-refractivity contribution in [2.75, 3.05) is 0 Å². The molecule has 0 bridgehead atoms. The summed E-state index contributed by atoms with van der Waals surface area (Å²) in [4.78, 5) is 12.4. The smallest absolute Gasteiger partial charge is 0.299 e. The van der Waals surface area contributed by atoms with Crippen LogP contribution in [-0.2, 0) is 4.79 Å². The molecule has 2 unspecified atom stereocenters. The van der Waals surface area contributed by atoms with Gasteiger partial charge in [0.2, 0.25) is 0 Å². The first kappa shape index (κ1) is 22.5. The number of rotatable bonds is 11. The number of ketones is 1. The fraction of sp³-hybridized carbons (Fsp3) is 0.947. The number of Topliss-reactive ketones (excluding diaryl/α,β-unsaturated/α-hetero) is 1. The van der Waals surface area contributed by atoms with Crippen molar-refractivity contribution >= 4 is 5.78 Å². The standard InChI is InChI=1S/C19H35F3O/c1-7-10-17(19(20,21)22)11-12-18(14(4)5,15(6)23)13-16(8-2)9-3/h14,16-17H,7-13H2,1-6H3. The van der Waals surface area contributed by atoms with E-state index in [-0.39, 0.29) is 24.5 Å². The maximum Gasteiger partial charge on any atom is 0.391 e. The number of hydrogen-bond acceptors (Lipinski definition) is 1. The molecule has 0 aromatic heterocycles. The van der Waals surface area contributed by atoms with Crippen LogP contribution in [0.4, 0.5) is 13.2 Å². The molecular formula is C19H35F3O. The van der Waals surface area contributed by atoms with Crippen LogP contribution in [0.5, 0.6) is 0 Å². The average Bonchev–Trinajstić information content (AvgIpc) is 2.44. The highest BCUT2D eigenvalue weighted by Crippen LogP contribution is 2.45. The maximum absolute atomic E-state index is 13.2. The molecule has 0 aromatic carbocycles. The van der Waals surface area contributed by atoms with Crippen LogP contribution in [0.25, 0.3) is 0 Å². The van der Waals surface area contributed by atoms with Crippen LogP contribution in [-0.4, -0.2) is 12.0 Å². The first-order valence-electron chi connectivity index (χ1n) is 9.12. The summed E-state index contributed by atoms with van der Waals surface area (Å²) in [7, 11) is 0. The molecule has 0 aliphatic heterocycles. The fourth-order valence-electron chi connectivity index (χ4n) is 3.70. The zero-order valence-electron chi connectivity index (χ0n) is 15.7. The van der Waals surface area contributed by atoms with Gasteiger partial charge in [0.1, 0.15) is 5.78 Å². The van der Waals surface area contributed by atoms with Crippen LogP contribution in [0, 0.1) is 23.2 Å². The Labute approximate surface area is 140 Å². The molecule has 0 rings (SSSR count). The van der Waals surface area contributed by atoms with Gasteiger partial charge in [-0.3, -0.25) is 4.79 Å². The zero-order chi connectivity index (χ0) is 18.3. The molecule has 0 saturated heterocycles. The maximum atomic E-state index is 13.2. The van der Waals surface area contributed by atoms with Gasteiger partial charge in [0.25, 0.3) is 0 Å². The summed E-state index contributed by atoms with van der Waals surface area (Å²) >= 11 is 0. The van der Waals surface area contributed by atoms with E-state index in [2.05, 4.69) is 13.8 Å². The lowest BCUT2D eigenvalue weighted by atomic mass is 9.64. The minimum absolute atomic E-state index is 0.0526. The summed E-state index contributed by atoms with van der Waals surface area (Å²) in [5, 5.41) is 0. The lowest BCUT2D eigenvalue weighted by Crippen LogP contribution is -2.38. The van der Waals surface area contributed by atoms with Crippen molar-refractivity contribution in [1.29, 1.82) is 0 Å². The summed E-state index contributed by atoms with van der Waals surface area (Å²) in [6.07, 6.45) is -0.429. The number of halogens is 3. The Hall–Kier alpha value is -0.540. The predicted octanol–water partition coefficient (Wildman–Crippen LogP) is 6.80. The second kappa shape index (κ2) is 9.68. The van der Waals surface area contributed by atoms with Gasteiger partial charge in [0.15, 0.2) is 0 Å². The Morgan fingerprint density at radius 3 is 1.83 bits per heavy atom. The van der Waals surface area contributed by atoms with Crippen LogP contribution in [0.1, 0.15) is 86.5 Å². The van der Waals surface area contributed by atoms with Crippen molar-refractivity contribution < 1.29 is 18.0 Å². The van der Waals surface area contributed by atoms with E-state index in [0.717, 1.165) is 12.8 Å². The molecule has 4 heteroatoms. The van der Waals surface area contributed by atoms with Crippen LogP contribution in [0.3, 0.4) is 0 Å². The third kappa shape index (κ3) is 6.46. The average molecular weight is 336 g/mol. The van der Waals surface area contributed by atoms with Crippen molar-refractivity contribution in [3.05, 3.63) is 0 Å². The van der Waals surface area contributed by atoms with E-state index in [9.17, 15) is 18.0 Å². The second-order valence-corrected chi connectivity index (χ2v) is 7.32. The largest absolute Gasteiger partial charge is 0.391 e. The quantitative estimate of drug-likeness (QED) is 0.405. The lowest BCUT2D eigenvalue weighted by Gasteiger charge is -2.39. The normalized spacial score (nSPS) is 16.7. The Morgan fingerprint density at radius 2 is 1.52 bits per heavy atom. The molecular weight excluding hydrogens is 301 g/mol. The molecule has 0 fully saturated rings. The first-order valence-corrected chi connectivity index (χ1v) is 9.12. The molecule has 23 heavy (non-hydrogen) atoms. The van der Waals surface area contributed by atoms with Crippen LogP contribution in [0.15, 0.2) is 0 Å². The van der Waals surface area contributed by atoms with Gasteiger partial charge in [-0.1, -0.05) is 53.9 Å². The summed E-state index contributed by atoms with van der Waals surface area (Å²) in [5.41, 5.74) is -0.617. The molecule has 0 spiro atoms. The Kier molecular flexibility index (Phi) is 9.46. The summed E-state index contributed by atoms with van der Waals surface area (Å²) in [6, 6.07) is 0. The van der Waals surface area contributed by atoms with Gasteiger partial charge in [-0.25, -0.2) is 0 Å². The van der Waals surface area contributed by atoms with Crippen molar-refractivity contribution in [1.82, 2.24) is 0 Å². The van der Waals surface area contributed by atoms with Crippen LogP contribution >= 0.6 is 0 Å². The molecule has 0 amide bonds. The number of carbonyl (C=O) groups is 1. The molecule has 2 atom stereocenters. The first-order chi connectivity index (χ1) is 10.5. The predicted molar refractivity (Wildman–Crippen MR) is 90.3 cm³/mol. The number of alkyl halides is 3. The fourth-order valence-corrected chi connectivity index (χ4v) is 3.70. The zero-order valence-corrected chi connectivity index (χ0v) is 15.7. The molecule has 0 saturated carbocycles. The Bertz CT molecular complexity index is 345. The van der Waals surface area contributed by atoms with Gasteiger partial charge in [0, 0.05) is 5.41 Å². The van der Waals surface area contributed by atoms with E-state index >= 15 is 0 Å². The summed E-state index contributed by atoms with van der Waals surface area (Å²) in [5.74, 6) is -0.767. The van der Waals surface area contributed by atoms with Gasteiger partial charge in [0.05, 0.1) is 5.92 Å². The second-order valence-electron chi connectivity index (χ2n) is 7.32. The van der Waals surface area contributed by atoms with Gasteiger partial charge < -0.3 is 0 Å². The highest BCUT2D eigenvalue weighted by Gasteiger charge is 2.44. The van der Waals surface area contributed by atoms with E-state index in [1.165, 1.54) is 0 Å². The third-order valence-electron chi connectivity index (χ3n) is 5.65. The van der Waals surface area contributed by atoms with E-state index in [0.29, 0.717) is 25.2 Å². The highest BCUT2D eigenvalue weighted by atomic mass is 19.4. The molecule has 138 valence electrons. The molecule has 0 heterocycles. The summed E-state index contributed by atoms with van der Waals surface area (Å²) < 4.78 is 39.6. The SMILES string of the molecule is CCCC(CCC(CC(CC)CC)(C(C)=O)C(C)C)C(F)(F)F. The Balaban J connectivity index is 5.33. The Morgan fingerprint density at radius 1 is 1.00 bits per heavy atom. The lowest BCUT2D eigenvalue weighted by molar-refractivity contribution is -0.181. The van der Waals surface area contributed by atoms with E-state index in [1.54, 1.807) is 13.8 Å². The minimum Gasteiger partial charge on any atom is -0.299 e. The number of hydrogen-bond donors (Lipinski definition) is 0. The van der Waals surface area contributed by atoms with Gasteiger partial charge in [-0.05, 0) is 44.4 Å². The highest BCUT2D eigenvalue weighted by molar-refractivity contribution is 5.82. The minimum atomic E-state index is -4.16. The molecule has 0 aliphatic carbocycles. The van der Waals surface area contributed by atoms with Gasteiger partial charge >= 0.3 is 6.18 Å². The summed E-state index contributed by atoms with van der Waals surface area (Å²) in [6.45, 7) is 11.5. The van der Waals surface area contributed by atoms with E-state index in [1.807, 2.05) is 13.8 Å².